The molecule has 1 aliphatic rings. The fourth-order valence-electron chi connectivity index (χ4n) is 3.60. The highest BCUT2D eigenvalue weighted by Gasteiger charge is 2.51. The van der Waals surface area contributed by atoms with Crippen LogP contribution in [0, 0.1) is 20.8 Å². The highest BCUT2D eigenvalue weighted by atomic mass is 32.2. The van der Waals surface area contributed by atoms with Crippen molar-refractivity contribution in [2.24, 2.45) is 0 Å². The Morgan fingerprint density at radius 3 is 2.41 bits per heavy atom. The summed E-state index contributed by atoms with van der Waals surface area (Å²) in [5.74, 6) is -0.641. The Labute approximate surface area is 160 Å². The fraction of sp³-hybridized carbons (Fsp3) is 0.286. The highest BCUT2D eigenvalue weighted by molar-refractivity contribution is 7.90. The first-order valence-corrected chi connectivity index (χ1v) is 10.3. The third kappa shape index (κ3) is 3.31. The van der Waals surface area contributed by atoms with Gasteiger partial charge in [0, 0.05) is 5.56 Å². The van der Waals surface area contributed by atoms with Gasteiger partial charge in [-0.2, -0.15) is 4.72 Å². The molecule has 0 aromatic heterocycles. The van der Waals surface area contributed by atoms with E-state index in [2.05, 4.69) is 16.9 Å². The number of sulfonamides is 1. The van der Waals surface area contributed by atoms with E-state index >= 15 is 0 Å². The van der Waals surface area contributed by atoms with E-state index in [0.717, 1.165) is 22.3 Å². The molecule has 2 aromatic carbocycles. The van der Waals surface area contributed by atoms with Crippen molar-refractivity contribution < 1.29 is 17.9 Å². The molecule has 1 N–H and O–H groups in total. The lowest BCUT2D eigenvalue weighted by Crippen LogP contribution is -2.46. The van der Waals surface area contributed by atoms with E-state index in [-0.39, 0.29) is 11.5 Å². The highest BCUT2D eigenvalue weighted by Crippen LogP contribution is 2.38. The largest absolute Gasteiger partial charge is 0.464 e. The molecule has 3 rings (SSSR count). The predicted octanol–water partition coefficient (Wildman–Crippen LogP) is 3.38. The molecular weight excluding hydrogens is 362 g/mol. The Bertz CT molecular complexity index is 1020. The molecule has 1 heterocycles. The smallest absolute Gasteiger partial charge is 0.336 e. The third-order valence-corrected chi connectivity index (χ3v) is 6.26. The number of benzene rings is 2. The van der Waals surface area contributed by atoms with Crippen LogP contribution in [-0.2, 0) is 25.1 Å². The van der Waals surface area contributed by atoms with Crippen molar-refractivity contribution >= 4 is 22.1 Å². The lowest BCUT2D eigenvalue weighted by molar-refractivity contribution is -0.148. The van der Waals surface area contributed by atoms with Crippen LogP contribution >= 0.6 is 0 Å². The zero-order chi connectivity index (χ0) is 19.8. The average molecular weight is 385 g/mol. The summed E-state index contributed by atoms with van der Waals surface area (Å²) in [7, 11) is -3.81. The van der Waals surface area contributed by atoms with Gasteiger partial charge in [0.2, 0.25) is 10.0 Å². The second-order valence-electron chi connectivity index (χ2n) is 6.78. The zero-order valence-electron chi connectivity index (χ0n) is 15.9. The first-order chi connectivity index (χ1) is 12.7. The van der Waals surface area contributed by atoms with Gasteiger partial charge in [-0.3, -0.25) is 0 Å². The molecule has 6 heteroatoms. The Morgan fingerprint density at radius 1 is 1.15 bits per heavy atom. The van der Waals surface area contributed by atoms with E-state index < -0.39 is 21.5 Å². The predicted molar refractivity (Wildman–Crippen MR) is 105 cm³/mol. The molecule has 0 unspecified atom stereocenters. The van der Waals surface area contributed by atoms with Crippen molar-refractivity contribution in [1.82, 2.24) is 4.72 Å². The monoisotopic (exact) mass is 385 g/mol. The molecule has 0 fully saturated rings. The molecule has 27 heavy (non-hydrogen) atoms. The molecular formula is C21H23NO4S. The first-order valence-electron chi connectivity index (χ1n) is 8.79. The summed E-state index contributed by atoms with van der Waals surface area (Å²) in [6.07, 6.45) is 3.39. The number of aryl methyl sites for hydroxylation is 3. The molecule has 0 bridgehead atoms. The number of esters is 1. The normalized spacial score (nSPS) is 20.6. The number of hydrogen-bond acceptors (Lipinski definition) is 4. The van der Waals surface area contributed by atoms with Gasteiger partial charge in [0.1, 0.15) is 0 Å². The third-order valence-electron chi connectivity index (χ3n) is 4.73. The van der Waals surface area contributed by atoms with Crippen LogP contribution in [0.4, 0.5) is 0 Å². The first kappa shape index (κ1) is 19.3. The molecule has 1 aliphatic heterocycles. The summed E-state index contributed by atoms with van der Waals surface area (Å²) < 4.78 is 33.0. The van der Waals surface area contributed by atoms with Crippen LogP contribution in [0.25, 0.3) is 6.08 Å². The van der Waals surface area contributed by atoms with Crippen molar-refractivity contribution in [2.75, 3.05) is 6.61 Å². The van der Waals surface area contributed by atoms with Crippen LogP contribution in [0.1, 0.15) is 34.7 Å². The minimum atomic E-state index is -3.81. The van der Waals surface area contributed by atoms with Gasteiger partial charge in [-0.25, -0.2) is 13.2 Å². The summed E-state index contributed by atoms with van der Waals surface area (Å²) >= 11 is 0. The van der Waals surface area contributed by atoms with Gasteiger partial charge >= 0.3 is 5.97 Å². The van der Waals surface area contributed by atoms with Crippen LogP contribution in [-0.4, -0.2) is 21.0 Å². The summed E-state index contributed by atoms with van der Waals surface area (Å²) in [4.78, 5) is 13.0. The summed E-state index contributed by atoms with van der Waals surface area (Å²) in [5.41, 5.74) is 3.01. The summed E-state index contributed by atoms with van der Waals surface area (Å²) in [6.45, 7) is 7.85. The number of carbonyl (C=O) groups excluding carboxylic acids is 1. The number of nitrogens with one attached hydrogen (secondary N) is 1. The molecule has 5 nitrogen and oxygen atoms in total. The van der Waals surface area contributed by atoms with Crippen LogP contribution < -0.4 is 4.72 Å². The molecule has 142 valence electrons. The maximum absolute atomic E-state index is 12.9. The molecule has 0 saturated heterocycles. The van der Waals surface area contributed by atoms with Crippen molar-refractivity contribution in [2.45, 2.75) is 38.1 Å². The van der Waals surface area contributed by atoms with E-state index in [1.54, 1.807) is 37.3 Å². The van der Waals surface area contributed by atoms with E-state index in [4.69, 9.17) is 4.74 Å². The Hall–Kier alpha value is -2.44. The lowest BCUT2D eigenvalue weighted by atomic mass is 9.89. The van der Waals surface area contributed by atoms with Crippen molar-refractivity contribution in [3.8, 4) is 0 Å². The average Bonchev–Trinajstić information content (AvgIpc) is 2.83. The quantitative estimate of drug-likeness (QED) is 0.819. The van der Waals surface area contributed by atoms with Gasteiger partial charge in [0.05, 0.1) is 11.5 Å². The number of ether oxygens (including phenoxy) is 1. The molecule has 0 saturated carbocycles. The number of hydrogen-bond donors (Lipinski definition) is 1. The number of rotatable bonds is 4. The van der Waals surface area contributed by atoms with Gasteiger partial charge in [-0.15, -0.1) is 0 Å². The van der Waals surface area contributed by atoms with E-state index in [9.17, 15) is 13.2 Å². The van der Waals surface area contributed by atoms with Crippen LogP contribution in [0.2, 0.25) is 0 Å². The van der Waals surface area contributed by atoms with Crippen molar-refractivity contribution in [3.05, 3.63) is 70.3 Å². The van der Waals surface area contributed by atoms with Crippen LogP contribution in [0.5, 0.6) is 0 Å². The SMILES string of the molecule is CCOC(=O)[C@]1(/C=C/c2c(C)cc(C)cc2C)NS(=O)(=O)c2ccccc21. The van der Waals surface area contributed by atoms with E-state index in [1.807, 2.05) is 20.8 Å². The van der Waals surface area contributed by atoms with E-state index in [0.29, 0.717) is 5.56 Å². The molecule has 0 aliphatic carbocycles. The van der Waals surface area contributed by atoms with Gasteiger partial charge in [-0.1, -0.05) is 42.0 Å². The fourth-order valence-corrected chi connectivity index (χ4v) is 5.17. The molecule has 0 radical (unpaired) electrons. The molecule has 0 spiro atoms. The Kier molecular flexibility index (Phi) is 4.97. The number of fused-ring (bicyclic) bond motifs is 1. The second kappa shape index (κ2) is 6.94. The van der Waals surface area contributed by atoms with Gasteiger partial charge in [0.25, 0.3) is 0 Å². The maximum Gasteiger partial charge on any atom is 0.336 e. The van der Waals surface area contributed by atoms with Crippen molar-refractivity contribution in [1.29, 1.82) is 0 Å². The van der Waals surface area contributed by atoms with Gasteiger partial charge in [-0.05, 0) is 56.5 Å². The maximum atomic E-state index is 12.9. The zero-order valence-corrected chi connectivity index (χ0v) is 16.7. The molecule has 2 aromatic rings. The summed E-state index contributed by atoms with van der Waals surface area (Å²) in [6, 6.07) is 10.6. The minimum Gasteiger partial charge on any atom is -0.464 e. The van der Waals surface area contributed by atoms with Crippen LogP contribution in [0.15, 0.2) is 47.4 Å². The standard InChI is InChI=1S/C21H23NO4S/c1-5-26-20(23)21(11-10-17-15(3)12-14(2)13-16(17)4)18-8-6-7-9-19(18)27(24,25)22-21/h6-13,22H,5H2,1-4H3/b11-10+/t21-/m1/s1. The topological polar surface area (TPSA) is 72.5 Å². The molecule has 1 atom stereocenters. The van der Waals surface area contributed by atoms with E-state index in [1.165, 1.54) is 6.07 Å². The van der Waals surface area contributed by atoms with Gasteiger partial charge in [0.15, 0.2) is 5.54 Å². The Morgan fingerprint density at radius 2 is 1.78 bits per heavy atom. The summed E-state index contributed by atoms with van der Waals surface area (Å²) in [5, 5.41) is 0. The molecule has 0 amide bonds. The van der Waals surface area contributed by atoms with Crippen LogP contribution in [0.3, 0.4) is 0 Å². The minimum absolute atomic E-state index is 0.0973. The second-order valence-corrected chi connectivity index (χ2v) is 8.43. The van der Waals surface area contributed by atoms with Gasteiger partial charge < -0.3 is 4.74 Å². The number of carbonyl (C=O) groups is 1. The lowest BCUT2D eigenvalue weighted by Gasteiger charge is -2.23. The Balaban J connectivity index is 2.20. The van der Waals surface area contributed by atoms with Crippen molar-refractivity contribution in [3.63, 3.8) is 0 Å².